The van der Waals surface area contributed by atoms with Crippen LogP contribution in [0.2, 0.25) is 0 Å². The number of carbonyl (C=O) groups excluding carboxylic acids is 2. The van der Waals surface area contributed by atoms with Gasteiger partial charge in [-0.25, -0.2) is 14.3 Å². The molecule has 198 valence electrons. The molecule has 5 aromatic carbocycles. The van der Waals surface area contributed by atoms with E-state index in [1.165, 1.54) is 17.0 Å². The van der Waals surface area contributed by atoms with Crippen molar-refractivity contribution in [2.24, 2.45) is 5.10 Å². The van der Waals surface area contributed by atoms with E-state index in [1.807, 2.05) is 84.9 Å². The lowest BCUT2D eigenvalue weighted by molar-refractivity contribution is -0.122. The Morgan fingerprint density at radius 3 is 1.98 bits per heavy atom. The van der Waals surface area contributed by atoms with E-state index in [4.69, 9.17) is 5.10 Å². The molecular formula is C35H24FN3O2. The van der Waals surface area contributed by atoms with Gasteiger partial charge in [0.25, 0.3) is 11.8 Å². The van der Waals surface area contributed by atoms with Gasteiger partial charge in [0.2, 0.25) is 0 Å². The van der Waals surface area contributed by atoms with Crippen molar-refractivity contribution in [1.29, 1.82) is 0 Å². The fraction of sp³-hybridized carbons (Fsp3) is 0.0571. The predicted molar refractivity (Wildman–Crippen MR) is 157 cm³/mol. The Labute approximate surface area is 236 Å². The van der Waals surface area contributed by atoms with E-state index in [9.17, 15) is 9.18 Å². The summed E-state index contributed by atoms with van der Waals surface area (Å²) in [7, 11) is 0. The number of amides is 2. The summed E-state index contributed by atoms with van der Waals surface area (Å²) in [6.07, 6.45) is 0. The van der Waals surface area contributed by atoms with Crippen LogP contribution in [0, 0.1) is 5.82 Å². The second-order valence-electron chi connectivity index (χ2n) is 10.1. The van der Waals surface area contributed by atoms with E-state index in [-0.39, 0.29) is 0 Å². The van der Waals surface area contributed by atoms with Crippen molar-refractivity contribution < 1.29 is 14.0 Å². The number of para-hydroxylation sites is 1. The van der Waals surface area contributed by atoms with Crippen LogP contribution in [0.25, 0.3) is 0 Å². The lowest BCUT2D eigenvalue weighted by Gasteiger charge is -2.38. The van der Waals surface area contributed by atoms with Crippen LogP contribution in [-0.4, -0.2) is 17.5 Å². The van der Waals surface area contributed by atoms with Gasteiger partial charge >= 0.3 is 0 Å². The third-order valence-corrected chi connectivity index (χ3v) is 7.82. The zero-order valence-electron chi connectivity index (χ0n) is 21.9. The molecule has 41 heavy (non-hydrogen) atoms. The number of benzene rings is 5. The first-order chi connectivity index (χ1) is 20.1. The minimum atomic E-state index is -1.45. The van der Waals surface area contributed by atoms with Crippen LogP contribution >= 0.6 is 0 Å². The summed E-state index contributed by atoms with van der Waals surface area (Å²) in [6.45, 7) is 0. The first-order valence-corrected chi connectivity index (χ1v) is 13.4. The van der Waals surface area contributed by atoms with Gasteiger partial charge in [-0.1, -0.05) is 97.1 Å². The van der Waals surface area contributed by atoms with Gasteiger partial charge in [-0.3, -0.25) is 9.59 Å². The predicted octanol–water partition coefficient (Wildman–Crippen LogP) is 6.92. The average Bonchev–Trinajstić information content (AvgIpc) is 3.52. The molecule has 0 aromatic heterocycles. The number of hydrazone groups is 1. The van der Waals surface area contributed by atoms with Crippen molar-refractivity contribution in [2.45, 2.75) is 11.5 Å². The zero-order chi connectivity index (χ0) is 28.0. The van der Waals surface area contributed by atoms with E-state index in [0.717, 1.165) is 11.1 Å². The Balaban J connectivity index is 1.54. The monoisotopic (exact) mass is 537 g/mol. The van der Waals surface area contributed by atoms with Crippen molar-refractivity contribution in [3.63, 3.8) is 0 Å². The van der Waals surface area contributed by atoms with Crippen molar-refractivity contribution >= 4 is 28.9 Å². The fourth-order valence-corrected chi connectivity index (χ4v) is 6.07. The van der Waals surface area contributed by atoms with E-state index in [0.29, 0.717) is 28.2 Å². The Morgan fingerprint density at radius 2 is 1.29 bits per heavy atom. The van der Waals surface area contributed by atoms with Crippen molar-refractivity contribution in [3.8, 4) is 0 Å². The van der Waals surface area contributed by atoms with Gasteiger partial charge in [-0.2, -0.15) is 5.10 Å². The van der Waals surface area contributed by atoms with Gasteiger partial charge in [-0.15, -0.1) is 0 Å². The van der Waals surface area contributed by atoms with Crippen LogP contribution in [0.15, 0.2) is 145 Å². The minimum Gasteiger partial charge on any atom is -0.271 e. The molecule has 5 aromatic rings. The number of nitrogens with zero attached hydrogens (tertiary/aromatic N) is 3. The molecule has 0 saturated heterocycles. The number of rotatable bonds is 4. The smallest absolute Gasteiger partial charge is 0.267 e. The summed E-state index contributed by atoms with van der Waals surface area (Å²) in [6, 6.07) is 41.6. The fourth-order valence-electron chi connectivity index (χ4n) is 6.07. The summed E-state index contributed by atoms with van der Waals surface area (Å²) < 4.78 is 14.1. The van der Waals surface area contributed by atoms with Crippen LogP contribution in [0.4, 0.5) is 15.8 Å². The van der Waals surface area contributed by atoms with E-state index >= 15 is 4.79 Å². The molecule has 0 N–H and O–H groups in total. The highest BCUT2D eigenvalue weighted by atomic mass is 19.1. The highest BCUT2D eigenvalue weighted by Gasteiger charge is 2.65. The van der Waals surface area contributed by atoms with Crippen LogP contribution in [0.3, 0.4) is 0 Å². The Morgan fingerprint density at radius 1 is 0.707 bits per heavy atom. The lowest BCUT2D eigenvalue weighted by atomic mass is 9.72. The number of anilines is 2. The molecule has 6 heteroatoms. The Kier molecular flexibility index (Phi) is 5.82. The largest absolute Gasteiger partial charge is 0.271 e. The van der Waals surface area contributed by atoms with E-state index in [2.05, 4.69) is 0 Å². The second kappa shape index (κ2) is 9.68. The average molecular weight is 538 g/mol. The van der Waals surface area contributed by atoms with Gasteiger partial charge in [-0.05, 0) is 53.6 Å². The summed E-state index contributed by atoms with van der Waals surface area (Å²) in [5.41, 5.74) is 3.05. The highest BCUT2D eigenvalue weighted by molar-refractivity contribution is 6.30. The first-order valence-electron chi connectivity index (χ1n) is 13.4. The minimum absolute atomic E-state index is 0.395. The van der Waals surface area contributed by atoms with Gasteiger partial charge in [0.1, 0.15) is 5.82 Å². The van der Waals surface area contributed by atoms with Crippen molar-refractivity contribution in [1.82, 2.24) is 0 Å². The van der Waals surface area contributed by atoms with Crippen LogP contribution < -0.4 is 9.91 Å². The highest BCUT2D eigenvalue weighted by Crippen LogP contribution is 2.57. The van der Waals surface area contributed by atoms with Crippen LogP contribution in [-0.2, 0) is 10.3 Å². The van der Waals surface area contributed by atoms with Crippen molar-refractivity contribution in [2.75, 3.05) is 9.91 Å². The molecule has 0 fully saturated rings. The molecule has 0 saturated carbocycles. The third kappa shape index (κ3) is 3.72. The third-order valence-electron chi connectivity index (χ3n) is 7.82. The van der Waals surface area contributed by atoms with E-state index in [1.54, 1.807) is 47.5 Å². The normalized spacial score (nSPS) is 19.4. The summed E-state index contributed by atoms with van der Waals surface area (Å²) in [4.78, 5) is 30.4. The standard InChI is InChI=1S/C35H24FN3O2/c36-27-20-22-28(23-21-27)39-35(31(24-12-4-1-5-13-24)32(37-39)25-14-6-2-7-15-25)29-18-10-11-19-30(29)38(34(35)41)33(40)26-16-8-3-9-17-26/h1-23,31H/t31-,35-/m1/s1. The summed E-state index contributed by atoms with van der Waals surface area (Å²) in [5, 5.41) is 6.82. The second-order valence-corrected chi connectivity index (χ2v) is 10.1. The number of hydrogen-bond donors (Lipinski definition) is 0. The molecule has 2 aliphatic rings. The Bertz CT molecular complexity index is 1790. The van der Waals surface area contributed by atoms with Gasteiger partial charge in [0, 0.05) is 11.1 Å². The summed E-state index contributed by atoms with van der Waals surface area (Å²) >= 11 is 0. The molecule has 7 rings (SSSR count). The van der Waals surface area contributed by atoms with Gasteiger partial charge in [0.05, 0.1) is 23.0 Å². The molecular weight excluding hydrogens is 513 g/mol. The molecule has 2 aliphatic heterocycles. The van der Waals surface area contributed by atoms with Gasteiger partial charge in [0.15, 0.2) is 5.54 Å². The number of halogens is 1. The summed E-state index contributed by atoms with van der Waals surface area (Å²) in [5.74, 6) is -1.81. The molecule has 0 bridgehead atoms. The maximum atomic E-state index is 15.1. The van der Waals surface area contributed by atoms with Gasteiger partial charge < -0.3 is 0 Å². The van der Waals surface area contributed by atoms with Crippen LogP contribution in [0.1, 0.15) is 33.0 Å². The number of carbonyl (C=O) groups is 2. The van der Waals surface area contributed by atoms with E-state index < -0.39 is 29.1 Å². The quantitative estimate of drug-likeness (QED) is 0.234. The molecule has 0 radical (unpaired) electrons. The number of fused-ring (bicyclic) bond motifs is 2. The zero-order valence-corrected chi connectivity index (χ0v) is 21.9. The Hall–Kier alpha value is -5.36. The number of imide groups is 1. The molecule has 2 atom stereocenters. The maximum Gasteiger partial charge on any atom is 0.267 e. The molecule has 2 amide bonds. The van der Waals surface area contributed by atoms with Crippen molar-refractivity contribution in [3.05, 3.63) is 168 Å². The molecule has 5 nitrogen and oxygen atoms in total. The van der Waals surface area contributed by atoms with Crippen LogP contribution in [0.5, 0.6) is 0 Å². The lowest BCUT2D eigenvalue weighted by Crippen LogP contribution is -2.54. The number of hydrogen-bond acceptors (Lipinski definition) is 4. The molecule has 0 aliphatic carbocycles. The maximum absolute atomic E-state index is 15.1. The SMILES string of the molecule is O=C(c1ccccc1)N1C(=O)[C@@]2(c3ccccc31)[C@H](c1ccccc1)C(c1ccccc1)=NN2c1ccc(F)cc1. The molecule has 2 heterocycles. The molecule has 0 unspecified atom stereocenters. The topological polar surface area (TPSA) is 53.0 Å². The molecule has 1 spiro atoms. The first kappa shape index (κ1) is 24.7.